The topological polar surface area (TPSA) is 77.7 Å². The fraction of sp³-hybridized carbons (Fsp3) is 0.125. The maximum absolute atomic E-state index is 12.6. The Hall–Kier alpha value is -1.68. The Kier molecular flexibility index (Phi) is 5.52. The second kappa shape index (κ2) is 7.51. The molecular weight excluding hydrogens is 464 g/mol. The summed E-state index contributed by atoms with van der Waals surface area (Å²) < 4.78 is 37.0. The highest BCUT2D eigenvalue weighted by atomic mass is 79.9. The lowest BCUT2D eigenvalue weighted by Gasteiger charge is -2.04. The van der Waals surface area contributed by atoms with E-state index in [4.69, 9.17) is 16.3 Å². The van der Waals surface area contributed by atoms with Gasteiger partial charge in [0.15, 0.2) is 0 Å². The van der Waals surface area contributed by atoms with Crippen molar-refractivity contribution in [3.63, 3.8) is 0 Å². The van der Waals surface area contributed by atoms with Crippen LogP contribution >= 0.6 is 38.9 Å². The van der Waals surface area contributed by atoms with E-state index < -0.39 is 16.0 Å². The van der Waals surface area contributed by atoms with Gasteiger partial charge in [-0.1, -0.05) is 38.9 Å². The number of hydrogen-bond acceptors (Lipinski definition) is 5. The number of ether oxygens (including phenoxy) is 1. The van der Waals surface area contributed by atoms with Crippen molar-refractivity contribution in [3.05, 3.63) is 56.8 Å². The van der Waals surface area contributed by atoms with E-state index in [0.717, 1.165) is 9.17 Å². The molecule has 2 aromatic carbocycles. The number of nitrogens with zero attached hydrogens (tertiary/aromatic N) is 2. The fourth-order valence-corrected chi connectivity index (χ4v) is 5.14. The Balaban J connectivity index is 2.22. The molecule has 0 atom stereocenters. The average molecular weight is 476 g/mol. The zero-order chi connectivity index (χ0) is 18.9. The third-order valence-electron chi connectivity index (χ3n) is 3.47. The number of benzene rings is 2. The fourth-order valence-electron chi connectivity index (χ4n) is 2.23. The number of carbonyl (C=O) groups excluding carboxylic acids is 1. The molecule has 0 saturated carbocycles. The highest BCUT2D eigenvalue weighted by molar-refractivity contribution is 9.10. The summed E-state index contributed by atoms with van der Waals surface area (Å²) in [5.41, 5.74) is 0.689. The SMILES string of the molecule is COC(=O)Cn1/c(=N/S(=O)(=O)c2ccc(Cl)cc2)sc2cc(Br)ccc21. The second-order valence-electron chi connectivity index (χ2n) is 5.18. The molecule has 0 unspecified atom stereocenters. The van der Waals surface area contributed by atoms with Crippen molar-refractivity contribution in [3.8, 4) is 0 Å². The van der Waals surface area contributed by atoms with Gasteiger partial charge >= 0.3 is 5.97 Å². The number of halogens is 2. The number of sulfonamides is 1. The van der Waals surface area contributed by atoms with Gasteiger partial charge in [0.2, 0.25) is 4.80 Å². The first-order valence-electron chi connectivity index (χ1n) is 7.22. The summed E-state index contributed by atoms with van der Waals surface area (Å²) in [6.45, 7) is -0.146. The van der Waals surface area contributed by atoms with Crippen LogP contribution in [0.1, 0.15) is 0 Å². The van der Waals surface area contributed by atoms with Crippen molar-refractivity contribution < 1.29 is 17.9 Å². The minimum atomic E-state index is -3.96. The summed E-state index contributed by atoms with van der Waals surface area (Å²) in [5, 5.41) is 0.427. The van der Waals surface area contributed by atoms with Crippen molar-refractivity contribution in [2.45, 2.75) is 11.4 Å². The van der Waals surface area contributed by atoms with E-state index in [1.165, 1.54) is 47.3 Å². The van der Waals surface area contributed by atoms with Gasteiger partial charge in [0.1, 0.15) is 6.54 Å². The van der Waals surface area contributed by atoms with Gasteiger partial charge in [0.25, 0.3) is 10.0 Å². The van der Waals surface area contributed by atoms with E-state index in [0.29, 0.717) is 10.5 Å². The lowest BCUT2D eigenvalue weighted by atomic mass is 10.3. The Labute approximate surface area is 166 Å². The molecule has 0 aliphatic heterocycles. The van der Waals surface area contributed by atoms with Crippen molar-refractivity contribution >= 4 is 65.1 Å². The number of aromatic nitrogens is 1. The maximum Gasteiger partial charge on any atom is 0.325 e. The molecule has 1 aromatic heterocycles. The monoisotopic (exact) mass is 474 g/mol. The first-order chi connectivity index (χ1) is 12.3. The highest BCUT2D eigenvalue weighted by Gasteiger charge is 2.16. The zero-order valence-corrected chi connectivity index (χ0v) is 17.3. The first kappa shape index (κ1) is 19.1. The Morgan fingerprint density at radius 2 is 1.96 bits per heavy atom. The molecule has 0 N–H and O–H groups in total. The molecule has 0 fully saturated rings. The molecule has 1 heterocycles. The minimum absolute atomic E-state index is 0.0187. The predicted octanol–water partition coefficient (Wildman–Crippen LogP) is 3.58. The van der Waals surface area contributed by atoms with Gasteiger partial charge in [-0.2, -0.15) is 8.42 Å². The summed E-state index contributed by atoms with van der Waals surface area (Å²) in [6, 6.07) is 11.2. The molecule has 26 heavy (non-hydrogen) atoms. The Morgan fingerprint density at radius 1 is 1.27 bits per heavy atom. The van der Waals surface area contributed by atoms with Crippen molar-refractivity contribution in [2.75, 3.05) is 7.11 Å². The van der Waals surface area contributed by atoms with Crippen LogP contribution in [0.5, 0.6) is 0 Å². The van der Waals surface area contributed by atoms with Crippen LogP contribution in [-0.4, -0.2) is 26.1 Å². The number of methoxy groups -OCH3 is 1. The summed E-state index contributed by atoms with van der Waals surface area (Å²) in [5.74, 6) is -0.502. The van der Waals surface area contributed by atoms with E-state index >= 15 is 0 Å². The molecule has 3 aromatic rings. The molecule has 0 aliphatic carbocycles. The smallest absolute Gasteiger partial charge is 0.325 e. The van der Waals surface area contributed by atoms with E-state index in [1.807, 2.05) is 6.07 Å². The van der Waals surface area contributed by atoms with Gasteiger partial charge in [0.05, 0.1) is 22.2 Å². The molecule has 0 spiro atoms. The summed E-state index contributed by atoms with van der Waals surface area (Å²) in [7, 11) is -2.69. The number of carbonyl (C=O) groups is 1. The van der Waals surface area contributed by atoms with Crippen LogP contribution < -0.4 is 4.80 Å². The molecule has 0 bridgehead atoms. The number of thiazole rings is 1. The van der Waals surface area contributed by atoms with Crippen LogP contribution in [0.4, 0.5) is 0 Å². The number of fused-ring (bicyclic) bond motifs is 1. The van der Waals surface area contributed by atoms with E-state index in [9.17, 15) is 13.2 Å². The van der Waals surface area contributed by atoms with Gasteiger partial charge in [-0.05, 0) is 42.5 Å². The molecule has 0 radical (unpaired) electrons. The molecule has 6 nitrogen and oxygen atoms in total. The third-order valence-corrected chi connectivity index (χ3v) is 6.65. The Bertz CT molecular complexity index is 1150. The van der Waals surface area contributed by atoms with E-state index in [2.05, 4.69) is 20.3 Å². The van der Waals surface area contributed by atoms with Gasteiger partial charge in [-0.25, -0.2) is 0 Å². The number of esters is 1. The van der Waals surface area contributed by atoms with Gasteiger partial charge in [-0.15, -0.1) is 4.40 Å². The summed E-state index contributed by atoms with van der Waals surface area (Å²) >= 11 is 10.4. The van der Waals surface area contributed by atoms with Gasteiger partial charge in [0, 0.05) is 9.50 Å². The average Bonchev–Trinajstić information content (AvgIpc) is 2.90. The standard InChI is InChI=1S/C16H12BrClN2O4S2/c1-24-15(21)9-20-13-7-2-10(17)8-14(13)25-16(20)19-26(22,23)12-5-3-11(18)4-6-12/h2-8H,9H2,1H3/b19-16-. The molecule has 10 heteroatoms. The van der Waals surface area contributed by atoms with Gasteiger partial charge in [-0.3, -0.25) is 4.79 Å². The van der Waals surface area contributed by atoms with Gasteiger partial charge < -0.3 is 9.30 Å². The summed E-state index contributed by atoms with van der Waals surface area (Å²) in [6.07, 6.45) is 0. The van der Waals surface area contributed by atoms with Crippen LogP contribution in [0.3, 0.4) is 0 Å². The number of hydrogen-bond donors (Lipinski definition) is 0. The lowest BCUT2D eigenvalue weighted by Crippen LogP contribution is -2.22. The van der Waals surface area contributed by atoms with Crippen LogP contribution in [0.2, 0.25) is 5.02 Å². The normalized spacial score (nSPS) is 12.5. The predicted molar refractivity (Wildman–Crippen MR) is 104 cm³/mol. The second-order valence-corrected chi connectivity index (χ2v) is 9.14. The lowest BCUT2D eigenvalue weighted by molar-refractivity contribution is -0.141. The molecule has 0 saturated heterocycles. The Morgan fingerprint density at radius 3 is 2.62 bits per heavy atom. The molecule has 0 aliphatic rings. The molecule has 3 rings (SSSR count). The van der Waals surface area contributed by atoms with Crippen molar-refractivity contribution in [1.82, 2.24) is 4.57 Å². The van der Waals surface area contributed by atoms with E-state index in [-0.39, 0.29) is 16.2 Å². The quantitative estimate of drug-likeness (QED) is 0.540. The highest BCUT2D eigenvalue weighted by Crippen LogP contribution is 2.23. The summed E-state index contributed by atoms with van der Waals surface area (Å²) in [4.78, 5) is 12.0. The van der Waals surface area contributed by atoms with Crippen LogP contribution in [0, 0.1) is 0 Å². The molecule has 136 valence electrons. The van der Waals surface area contributed by atoms with Crippen LogP contribution in [0.15, 0.2) is 56.2 Å². The first-order valence-corrected chi connectivity index (χ1v) is 10.7. The number of rotatable bonds is 4. The molecular formula is C16H12BrClN2O4S2. The van der Waals surface area contributed by atoms with E-state index in [1.54, 1.807) is 12.1 Å². The van der Waals surface area contributed by atoms with Crippen LogP contribution in [0.25, 0.3) is 10.2 Å². The minimum Gasteiger partial charge on any atom is -0.468 e. The van der Waals surface area contributed by atoms with Crippen molar-refractivity contribution in [1.29, 1.82) is 0 Å². The van der Waals surface area contributed by atoms with Crippen LogP contribution in [-0.2, 0) is 26.1 Å². The maximum atomic E-state index is 12.6. The zero-order valence-electron chi connectivity index (χ0n) is 13.3. The largest absolute Gasteiger partial charge is 0.468 e. The molecule has 0 amide bonds. The third kappa shape index (κ3) is 4.01. The van der Waals surface area contributed by atoms with Crippen molar-refractivity contribution in [2.24, 2.45) is 4.40 Å².